The van der Waals surface area contributed by atoms with Crippen molar-refractivity contribution in [1.82, 2.24) is 14.7 Å². The molecule has 2 aromatic heterocycles. The van der Waals surface area contributed by atoms with Crippen molar-refractivity contribution < 1.29 is 17.2 Å². The summed E-state index contributed by atoms with van der Waals surface area (Å²) >= 11 is 3.21. The number of hydrogen-bond acceptors (Lipinski definition) is 5. The Morgan fingerprint density at radius 1 is 1.10 bits per heavy atom. The third-order valence-corrected chi connectivity index (χ3v) is 5.86. The monoisotopic (exact) mass is 497 g/mol. The average molecular weight is 498 g/mol. The van der Waals surface area contributed by atoms with Gasteiger partial charge < -0.3 is 5.32 Å². The summed E-state index contributed by atoms with van der Waals surface area (Å²) in [4.78, 5) is 7.90. The molecule has 0 aliphatic carbocycles. The van der Waals surface area contributed by atoms with Crippen LogP contribution < -0.4 is 14.8 Å². The van der Waals surface area contributed by atoms with Crippen LogP contribution in [0.1, 0.15) is 16.7 Å². The molecule has 1 aromatic carbocycles. The lowest BCUT2D eigenvalue weighted by molar-refractivity contribution is 0.589. The molecule has 0 atom stereocenters. The zero-order chi connectivity index (χ0) is 21.9. The maximum absolute atomic E-state index is 14.8. The number of nitrogens with one attached hydrogen (secondary N) is 3. The maximum Gasteiger partial charge on any atom is 0.300 e. The van der Waals surface area contributed by atoms with Gasteiger partial charge in [0.05, 0.1) is 17.6 Å². The highest BCUT2D eigenvalue weighted by Gasteiger charge is 2.16. The predicted molar refractivity (Wildman–Crippen MR) is 115 cm³/mol. The first-order valence-corrected chi connectivity index (χ1v) is 11.0. The first-order valence-electron chi connectivity index (χ1n) is 8.70. The molecule has 30 heavy (non-hydrogen) atoms. The molecule has 0 fully saturated rings. The van der Waals surface area contributed by atoms with E-state index in [9.17, 15) is 17.2 Å². The summed E-state index contributed by atoms with van der Waals surface area (Å²) in [6.45, 7) is 1.81. The van der Waals surface area contributed by atoms with E-state index in [1.54, 1.807) is 31.5 Å². The lowest BCUT2D eigenvalue weighted by atomic mass is 10.0. The van der Waals surface area contributed by atoms with E-state index in [0.717, 1.165) is 5.56 Å². The van der Waals surface area contributed by atoms with Crippen molar-refractivity contribution in [1.29, 1.82) is 0 Å². The summed E-state index contributed by atoms with van der Waals surface area (Å²) in [7, 11) is -2.70. The molecular formula is C19H18BrF2N5O2S. The summed E-state index contributed by atoms with van der Waals surface area (Å²) in [5.41, 5.74) is 2.51. The smallest absolute Gasteiger partial charge is 0.300 e. The third kappa shape index (κ3) is 5.10. The number of pyridine rings is 2. The van der Waals surface area contributed by atoms with Crippen molar-refractivity contribution in [2.75, 3.05) is 17.1 Å². The number of halogens is 3. The molecule has 0 radical (unpaired) electrons. The molecule has 158 valence electrons. The standard InChI is InChI=1S/C19H18BrF2N5O2S/c1-11-13(7-12-5-6-25-19(18(12)22)27-30(28,29)23-2)9-24-10-17(11)26-16-4-3-14(20)8-15(16)21/h3-6,8-10,23,26H,7H2,1-2H3,(H,25,27). The molecule has 0 spiro atoms. The van der Waals surface area contributed by atoms with Gasteiger partial charge in [-0.1, -0.05) is 15.9 Å². The molecule has 3 rings (SSSR count). The van der Waals surface area contributed by atoms with Crippen molar-refractivity contribution in [2.45, 2.75) is 13.3 Å². The van der Waals surface area contributed by atoms with E-state index in [0.29, 0.717) is 15.7 Å². The van der Waals surface area contributed by atoms with Gasteiger partial charge in [0.25, 0.3) is 10.2 Å². The van der Waals surface area contributed by atoms with Gasteiger partial charge in [-0.25, -0.2) is 18.5 Å². The molecule has 0 bridgehead atoms. The van der Waals surface area contributed by atoms with Crippen LogP contribution in [0.2, 0.25) is 0 Å². The minimum atomic E-state index is -3.91. The zero-order valence-corrected chi connectivity index (χ0v) is 18.4. The highest BCUT2D eigenvalue weighted by Crippen LogP contribution is 2.28. The Kier molecular flexibility index (Phi) is 6.64. The van der Waals surface area contributed by atoms with E-state index in [-0.39, 0.29) is 17.7 Å². The lowest BCUT2D eigenvalue weighted by Crippen LogP contribution is -2.27. The van der Waals surface area contributed by atoms with Crippen LogP contribution in [0.25, 0.3) is 0 Å². The van der Waals surface area contributed by atoms with E-state index >= 15 is 0 Å². The molecule has 3 N–H and O–H groups in total. The first-order chi connectivity index (χ1) is 14.2. The van der Waals surface area contributed by atoms with Crippen molar-refractivity contribution in [2.24, 2.45) is 0 Å². The predicted octanol–water partition coefficient (Wildman–Crippen LogP) is 4.04. The van der Waals surface area contributed by atoms with Gasteiger partial charge in [-0.05, 0) is 47.9 Å². The molecule has 0 amide bonds. The summed E-state index contributed by atoms with van der Waals surface area (Å²) in [5.74, 6) is -1.62. The number of benzene rings is 1. The first kappa shape index (κ1) is 22.1. The highest BCUT2D eigenvalue weighted by atomic mass is 79.9. The van der Waals surface area contributed by atoms with Gasteiger partial charge in [0.1, 0.15) is 5.82 Å². The van der Waals surface area contributed by atoms with Crippen LogP contribution in [0.3, 0.4) is 0 Å². The minimum absolute atomic E-state index is 0.139. The number of aromatic nitrogens is 2. The minimum Gasteiger partial charge on any atom is -0.352 e. The van der Waals surface area contributed by atoms with E-state index in [4.69, 9.17) is 0 Å². The van der Waals surface area contributed by atoms with Gasteiger partial charge in [-0.2, -0.15) is 8.42 Å². The summed E-state index contributed by atoms with van der Waals surface area (Å²) in [6.07, 6.45) is 4.58. The summed E-state index contributed by atoms with van der Waals surface area (Å²) in [5, 5.41) is 2.99. The Morgan fingerprint density at radius 3 is 2.57 bits per heavy atom. The largest absolute Gasteiger partial charge is 0.352 e. The van der Waals surface area contributed by atoms with Gasteiger partial charge >= 0.3 is 0 Å². The molecule has 0 unspecified atom stereocenters. The fourth-order valence-electron chi connectivity index (χ4n) is 2.68. The highest BCUT2D eigenvalue weighted by molar-refractivity contribution is 9.10. The van der Waals surface area contributed by atoms with Gasteiger partial charge in [0, 0.05) is 30.3 Å². The van der Waals surface area contributed by atoms with E-state index < -0.39 is 27.7 Å². The molecular weight excluding hydrogens is 480 g/mol. The SMILES string of the molecule is CNS(=O)(=O)Nc1nccc(Cc2cncc(Nc3ccc(Br)cc3F)c2C)c1F. The van der Waals surface area contributed by atoms with Crippen molar-refractivity contribution in [3.63, 3.8) is 0 Å². The van der Waals surface area contributed by atoms with Crippen LogP contribution in [0.15, 0.2) is 47.3 Å². The fourth-order valence-corrected chi connectivity index (χ4v) is 3.52. The van der Waals surface area contributed by atoms with Crippen molar-refractivity contribution >= 4 is 43.3 Å². The van der Waals surface area contributed by atoms with Crippen molar-refractivity contribution in [3.05, 3.63) is 75.7 Å². The second-order valence-electron chi connectivity index (χ2n) is 6.34. The Morgan fingerprint density at radius 2 is 1.87 bits per heavy atom. The second kappa shape index (κ2) is 9.02. The third-order valence-electron chi connectivity index (χ3n) is 4.37. The Balaban J connectivity index is 1.89. The van der Waals surface area contributed by atoms with Gasteiger partial charge in [-0.3, -0.25) is 9.71 Å². The Labute approximate surface area is 181 Å². The lowest BCUT2D eigenvalue weighted by Gasteiger charge is -2.14. The number of anilines is 3. The van der Waals surface area contributed by atoms with Crippen LogP contribution in [0.4, 0.5) is 26.0 Å². The van der Waals surface area contributed by atoms with E-state index in [2.05, 4.69) is 31.2 Å². The van der Waals surface area contributed by atoms with Crippen LogP contribution in [0.5, 0.6) is 0 Å². The molecule has 7 nitrogen and oxygen atoms in total. The number of nitrogens with zero attached hydrogens (tertiary/aromatic N) is 2. The van der Waals surface area contributed by atoms with Crippen molar-refractivity contribution in [3.8, 4) is 0 Å². The zero-order valence-electron chi connectivity index (χ0n) is 16.0. The van der Waals surface area contributed by atoms with Gasteiger partial charge in [0.15, 0.2) is 11.6 Å². The van der Waals surface area contributed by atoms with E-state index in [1.807, 2.05) is 9.44 Å². The topological polar surface area (TPSA) is 96.0 Å². The second-order valence-corrected chi connectivity index (χ2v) is 8.87. The number of hydrogen-bond donors (Lipinski definition) is 3. The molecule has 0 aliphatic heterocycles. The molecule has 3 aromatic rings. The molecule has 0 saturated heterocycles. The molecule has 2 heterocycles. The molecule has 0 saturated carbocycles. The van der Waals surface area contributed by atoms with E-state index in [1.165, 1.54) is 25.4 Å². The number of rotatable bonds is 7. The van der Waals surface area contributed by atoms with Gasteiger partial charge in [0.2, 0.25) is 0 Å². The van der Waals surface area contributed by atoms with Crippen LogP contribution in [-0.4, -0.2) is 25.4 Å². The summed E-state index contributed by atoms with van der Waals surface area (Å²) in [6, 6.07) is 6.10. The Bertz CT molecular complexity index is 1190. The van der Waals surface area contributed by atoms with Crippen LogP contribution >= 0.6 is 15.9 Å². The van der Waals surface area contributed by atoms with Crippen LogP contribution in [-0.2, 0) is 16.6 Å². The Hall–Kier alpha value is -2.63. The average Bonchev–Trinajstić information content (AvgIpc) is 2.69. The normalized spacial score (nSPS) is 11.4. The maximum atomic E-state index is 14.8. The summed E-state index contributed by atoms with van der Waals surface area (Å²) < 4.78 is 56.9. The molecule has 11 heteroatoms. The van der Waals surface area contributed by atoms with Gasteiger partial charge in [-0.15, -0.1) is 0 Å². The van der Waals surface area contributed by atoms with Crippen LogP contribution in [0, 0.1) is 18.6 Å². The molecule has 0 aliphatic rings. The quantitative estimate of drug-likeness (QED) is 0.457. The fraction of sp³-hybridized carbons (Fsp3) is 0.158.